The highest BCUT2D eigenvalue weighted by molar-refractivity contribution is 7.13. The lowest BCUT2D eigenvalue weighted by Crippen LogP contribution is -2.05. The fourth-order valence-corrected chi connectivity index (χ4v) is 4.07. The van der Waals surface area contributed by atoms with Crippen LogP contribution in [0.15, 0.2) is 53.9 Å². The molecule has 0 bridgehead atoms. The van der Waals surface area contributed by atoms with Crippen molar-refractivity contribution in [1.82, 2.24) is 4.98 Å². The monoisotopic (exact) mass is 393 g/mol. The van der Waals surface area contributed by atoms with Crippen LogP contribution in [0, 0.1) is 0 Å². The topological polar surface area (TPSA) is 60.6 Å². The Balaban J connectivity index is 1.94. The normalized spacial score (nSPS) is 10.8. The van der Waals surface area contributed by atoms with E-state index in [1.807, 2.05) is 41.8 Å². The highest BCUT2D eigenvalue weighted by Gasteiger charge is 2.24. The van der Waals surface area contributed by atoms with E-state index in [0.717, 1.165) is 21.5 Å². The SMILES string of the molecule is COc1cc(C(=O)c2c(-c3cccs3)[nH]c3ccccc23)cc(OC)c1OC. The van der Waals surface area contributed by atoms with Gasteiger partial charge in [0.1, 0.15) is 0 Å². The summed E-state index contributed by atoms with van der Waals surface area (Å²) in [7, 11) is 4.61. The second kappa shape index (κ2) is 7.40. The molecular formula is C22H19NO4S. The number of ether oxygens (including phenoxy) is 3. The molecule has 0 aliphatic heterocycles. The number of methoxy groups -OCH3 is 3. The molecule has 0 saturated heterocycles. The number of rotatable bonds is 6. The Hall–Kier alpha value is -3.25. The zero-order valence-corrected chi connectivity index (χ0v) is 16.6. The first-order valence-corrected chi connectivity index (χ1v) is 9.55. The number of carbonyl (C=O) groups excluding carboxylic acids is 1. The summed E-state index contributed by atoms with van der Waals surface area (Å²) >= 11 is 1.59. The number of thiophene rings is 1. The van der Waals surface area contributed by atoms with Gasteiger partial charge in [-0.1, -0.05) is 24.3 Å². The van der Waals surface area contributed by atoms with E-state index in [1.54, 1.807) is 23.5 Å². The van der Waals surface area contributed by atoms with E-state index in [4.69, 9.17) is 14.2 Å². The highest BCUT2D eigenvalue weighted by Crippen LogP contribution is 2.40. The molecule has 2 aromatic heterocycles. The predicted molar refractivity (Wildman–Crippen MR) is 111 cm³/mol. The molecule has 5 nitrogen and oxygen atoms in total. The number of fused-ring (bicyclic) bond motifs is 1. The fourth-order valence-electron chi connectivity index (χ4n) is 3.34. The Kier molecular flexibility index (Phi) is 4.79. The smallest absolute Gasteiger partial charge is 0.203 e. The summed E-state index contributed by atoms with van der Waals surface area (Å²) in [5.74, 6) is 1.24. The molecule has 0 unspecified atom stereocenters. The van der Waals surface area contributed by atoms with Gasteiger partial charge in [0, 0.05) is 16.5 Å². The molecule has 0 aliphatic rings. The predicted octanol–water partition coefficient (Wildman–Crippen LogP) is 5.15. The van der Waals surface area contributed by atoms with Crippen molar-refractivity contribution in [1.29, 1.82) is 0 Å². The number of aromatic nitrogens is 1. The Morgan fingerprint density at radius 2 is 1.64 bits per heavy atom. The third-order valence-corrected chi connectivity index (χ3v) is 5.51. The minimum Gasteiger partial charge on any atom is -0.493 e. The van der Waals surface area contributed by atoms with Crippen LogP contribution in [0.5, 0.6) is 17.2 Å². The molecule has 0 atom stereocenters. The van der Waals surface area contributed by atoms with Crippen molar-refractivity contribution in [2.75, 3.05) is 21.3 Å². The van der Waals surface area contributed by atoms with Crippen LogP contribution in [0.25, 0.3) is 21.5 Å². The molecule has 6 heteroatoms. The molecular weight excluding hydrogens is 374 g/mol. The maximum atomic E-state index is 13.6. The molecule has 0 fully saturated rings. The number of hydrogen-bond donors (Lipinski definition) is 1. The number of aromatic amines is 1. The van der Waals surface area contributed by atoms with Gasteiger partial charge in [-0.3, -0.25) is 4.79 Å². The summed E-state index contributed by atoms with van der Waals surface area (Å²) in [4.78, 5) is 18.0. The van der Waals surface area contributed by atoms with Crippen LogP contribution >= 0.6 is 11.3 Å². The van der Waals surface area contributed by atoms with E-state index >= 15 is 0 Å². The van der Waals surface area contributed by atoms with Gasteiger partial charge in [-0.2, -0.15) is 0 Å². The zero-order chi connectivity index (χ0) is 19.7. The molecule has 2 heterocycles. The zero-order valence-electron chi connectivity index (χ0n) is 15.7. The van der Waals surface area contributed by atoms with Crippen LogP contribution in [0.2, 0.25) is 0 Å². The van der Waals surface area contributed by atoms with Crippen molar-refractivity contribution in [2.24, 2.45) is 0 Å². The van der Waals surface area contributed by atoms with Gasteiger partial charge in [-0.05, 0) is 29.6 Å². The van der Waals surface area contributed by atoms with Crippen molar-refractivity contribution in [2.45, 2.75) is 0 Å². The first kappa shape index (κ1) is 18.1. The largest absolute Gasteiger partial charge is 0.493 e. The van der Waals surface area contributed by atoms with E-state index in [9.17, 15) is 4.79 Å². The van der Waals surface area contributed by atoms with E-state index in [0.29, 0.717) is 28.4 Å². The first-order chi connectivity index (χ1) is 13.7. The Morgan fingerprint density at radius 1 is 0.929 bits per heavy atom. The molecule has 2 aromatic carbocycles. The summed E-state index contributed by atoms with van der Waals surface area (Å²) in [6.45, 7) is 0. The van der Waals surface area contributed by atoms with Crippen LogP contribution in [0.1, 0.15) is 15.9 Å². The lowest BCUT2D eigenvalue weighted by molar-refractivity contribution is 0.104. The Labute approximate surface area is 166 Å². The molecule has 1 N–H and O–H groups in total. The standard InChI is InChI=1S/C22H19NO4S/c1-25-16-11-13(12-17(26-2)22(16)27-3)21(24)19-14-7-4-5-8-15(14)23-20(19)18-9-6-10-28-18/h4-12,23H,1-3H3. The summed E-state index contributed by atoms with van der Waals surface area (Å²) in [5, 5.41) is 2.87. The van der Waals surface area contributed by atoms with Gasteiger partial charge in [-0.25, -0.2) is 0 Å². The van der Waals surface area contributed by atoms with E-state index in [1.165, 1.54) is 21.3 Å². The summed E-state index contributed by atoms with van der Waals surface area (Å²) in [5.41, 5.74) is 2.83. The maximum absolute atomic E-state index is 13.6. The summed E-state index contributed by atoms with van der Waals surface area (Å²) in [6, 6.07) is 15.1. The Bertz CT molecular complexity index is 1120. The number of nitrogens with one attached hydrogen (secondary N) is 1. The van der Waals surface area contributed by atoms with Crippen LogP contribution < -0.4 is 14.2 Å². The minimum atomic E-state index is -0.111. The van der Waals surface area contributed by atoms with E-state index in [-0.39, 0.29) is 5.78 Å². The van der Waals surface area contributed by atoms with Crippen molar-refractivity contribution in [3.63, 3.8) is 0 Å². The van der Waals surface area contributed by atoms with Crippen LogP contribution in [0.4, 0.5) is 0 Å². The molecule has 0 radical (unpaired) electrons. The lowest BCUT2D eigenvalue weighted by atomic mass is 9.98. The number of benzene rings is 2. The number of hydrogen-bond acceptors (Lipinski definition) is 5. The van der Waals surface area contributed by atoms with Gasteiger partial charge in [0.25, 0.3) is 0 Å². The second-order valence-corrected chi connectivity index (χ2v) is 7.09. The van der Waals surface area contributed by atoms with Crippen molar-refractivity contribution in [3.05, 3.63) is 65.0 Å². The molecule has 28 heavy (non-hydrogen) atoms. The average Bonchev–Trinajstić information content (AvgIpc) is 3.39. The summed E-state index contributed by atoms with van der Waals surface area (Å²) in [6.07, 6.45) is 0. The van der Waals surface area contributed by atoms with Crippen LogP contribution in [0.3, 0.4) is 0 Å². The lowest BCUT2D eigenvalue weighted by Gasteiger charge is -2.14. The van der Waals surface area contributed by atoms with Crippen molar-refractivity contribution in [3.8, 4) is 27.8 Å². The van der Waals surface area contributed by atoms with Crippen LogP contribution in [-0.2, 0) is 0 Å². The molecule has 0 saturated carbocycles. The second-order valence-electron chi connectivity index (χ2n) is 6.14. The number of ketones is 1. The average molecular weight is 393 g/mol. The summed E-state index contributed by atoms with van der Waals surface area (Å²) < 4.78 is 16.2. The number of H-pyrrole nitrogens is 1. The van der Waals surface area contributed by atoms with Gasteiger partial charge in [-0.15, -0.1) is 11.3 Å². The van der Waals surface area contributed by atoms with Gasteiger partial charge < -0.3 is 19.2 Å². The van der Waals surface area contributed by atoms with Gasteiger partial charge in [0.2, 0.25) is 5.75 Å². The molecule has 0 spiro atoms. The van der Waals surface area contributed by atoms with Crippen molar-refractivity contribution >= 4 is 28.0 Å². The third-order valence-electron chi connectivity index (χ3n) is 4.63. The first-order valence-electron chi connectivity index (χ1n) is 8.67. The Morgan fingerprint density at radius 3 is 2.25 bits per heavy atom. The quantitative estimate of drug-likeness (QED) is 0.460. The molecule has 142 valence electrons. The molecule has 4 aromatic rings. The van der Waals surface area contributed by atoms with Gasteiger partial charge >= 0.3 is 0 Å². The van der Waals surface area contributed by atoms with E-state index in [2.05, 4.69) is 4.98 Å². The third kappa shape index (κ3) is 2.92. The molecule has 0 aliphatic carbocycles. The van der Waals surface area contributed by atoms with Crippen molar-refractivity contribution < 1.29 is 19.0 Å². The molecule has 0 amide bonds. The maximum Gasteiger partial charge on any atom is 0.203 e. The van der Waals surface area contributed by atoms with Crippen LogP contribution in [-0.4, -0.2) is 32.1 Å². The van der Waals surface area contributed by atoms with Gasteiger partial charge in [0.05, 0.1) is 37.5 Å². The van der Waals surface area contributed by atoms with Gasteiger partial charge in [0.15, 0.2) is 17.3 Å². The molecule has 4 rings (SSSR count). The highest BCUT2D eigenvalue weighted by atomic mass is 32.1. The minimum absolute atomic E-state index is 0.111. The number of carbonyl (C=O) groups is 1. The van der Waals surface area contributed by atoms with E-state index < -0.39 is 0 Å². The fraction of sp³-hybridized carbons (Fsp3) is 0.136. The number of para-hydroxylation sites is 1.